The van der Waals surface area contributed by atoms with Crippen molar-refractivity contribution in [2.45, 2.75) is 20.0 Å². The fourth-order valence-corrected chi connectivity index (χ4v) is 2.29. The number of hydrogen-bond acceptors (Lipinski definition) is 3. The van der Waals surface area contributed by atoms with E-state index in [1.807, 2.05) is 23.9 Å². The highest BCUT2D eigenvalue weighted by atomic mass is 79.9. The molecule has 4 nitrogen and oxygen atoms in total. The summed E-state index contributed by atoms with van der Waals surface area (Å²) in [7, 11) is 1.92. The number of nitrogens with zero attached hydrogens (tertiary/aromatic N) is 3. The molecule has 0 spiro atoms. The van der Waals surface area contributed by atoms with Crippen molar-refractivity contribution < 1.29 is 4.74 Å². The molecular formula is C12H14BrN3O. The second-order valence-electron chi connectivity index (χ2n) is 3.66. The molecule has 2 aromatic rings. The topological polar surface area (TPSA) is 39.9 Å². The van der Waals surface area contributed by atoms with Crippen LogP contribution in [0.25, 0.3) is 0 Å². The standard InChI is InChI=1S/C12H14BrN3O/c1-3-10-12(13)11(16(2)15-10)8-17-9-5-4-6-14-7-9/h4-7H,3,8H2,1-2H3. The van der Waals surface area contributed by atoms with Crippen molar-refractivity contribution in [1.29, 1.82) is 0 Å². The minimum atomic E-state index is 0.482. The van der Waals surface area contributed by atoms with Gasteiger partial charge in [0.05, 0.1) is 22.1 Å². The van der Waals surface area contributed by atoms with Gasteiger partial charge in [-0.05, 0) is 34.5 Å². The van der Waals surface area contributed by atoms with Gasteiger partial charge in [-0.2, -0.15) is 5.10 Å². The fraction of sp³-hybridized carbons (Fsp3) is 0.333. The number of rotatable bonds is 4. The summed E-state index contributed by atoms with van der Waals surface area (Å²) in [5.41, 5.74) is 2.09. The van der Waals surface area contributed by atoms with E-state index < -0.39 is 0 Å². The second kappa shape index (κ2) is 5.31. The third kappa shape index (κ3) is 2.66. The molecule has 0 N–H and O–H groups in total. The minimum absolute atomic E-state index is 0.482. The van der Waals surface area contributed by atoms with E-state index in [2.05, 4.69) is 32.9 Å². The van der Waals surface area contributed by atoms with E-state index in [-0.39, 0.29) is 0 Å². The van der Waals surface area contributed by atoms with Gasteiger partial charge in [0, 0.05) is 13.2 Å². The van der Waals surface area contributed by atoms with Gasteiger partial charge in [-0.25, -0.2) is 0 Å². The molecule has 2 aromatic heterocycles. The maximum atomic E-state index is 5.66. The van der Waals surface area contributed by atoms with Crippen LogP contribution in [0.5, 0.6) is 5.75 Å². The van der Waals surface area contributed by atoms with Gasteiger partial charge in [-0.3, -0.25) is 9.67 Å². The SMILES string of the molecule is CCc1nn(C)c(COc2cccnc2)c1Br. The van der Waals surface area contributed by atoms with Crippen molar-refractivity contribution in [3.05, 3.63) is 40.4 Å². The summed E-state index contributed by atoms with van der Waals surface area (Å²) < 4.78 is 8.54. The number of halogens is 1. The lowest BCUT2D eigenvalue weighted by Gasteiger charge is -2.06. The van der Waals surface area contributed by atoms with Crippen molar-refractivity contribution in [2.24, 2.45) is 7.05 Å². The van der Waals surface area contributed by atoms with Gasteiger partial charge in [0.1, 0.15) is 12.4 Å². The average Bonchev–Trinajstić information content (AvgIpc) is 2.63. The molecule has 0 aromatic carbocycles. The van der Waals surface area contributed by atoms with Crippen LogP contribution in [0, 0.1) is 0 Å². The highest BCUT2D eigenvalue weighted by Gasteiger charge is 2.12. The highest BCUT2D eigenvalue weighted by molar-refractivity contribution is 9.10. The molecule has 0 aliphatic heterocycles. The summed E-state index contributed by atoms with van der Waals surface area (Å²) >= 11 is 3.56. The number of aryl methyl sites for hydroxylation is 2. The first-order valence-electron chi connectivity index (χ1n) is 5.45. The van der Waals surface area contributed by atoms with Gasteiger partial charge in [0.25, 0.3) is 0 Å². The molecule has 2 heterocycles. The van der Waals surface area contributed by atoms with Crippen molar-refractivity contribution in [1.82, 2.24) is 14.8 Å². The number of hydrogen-bond donors (Lipinski definition) is 0. The van der Waals surface area contributed by atoms with Gasteiger partial charge < -0.3 is 4.74 Å². The quantitative estimate of drug-likeness (QED) is 0.871. The first kappa shape index (κ1) is 12.1. The summed E-state index contributed by atoms with van der Waals surface area (Å²) in [6, 6.07) is 3.74. The summed E-state index contributed by atoms with van der Waals surface area (Å²) in [5, 5.41) is 4.42. The molecule has 17 heavy (non-hydrogen) atoms. The smallest absolute Gasteiger partial charge is 0.138 e. The monoisotopic (exact) mass is 295 g/mol. The largest absolute Gasteiger partial charge is 0.486 e. The highest BCUT2D eigenvalue weighted by Crippen LogP contribution is 2.22. The van der Waals surface area contributed by atoms with Crippen molar-refractivity contribution in [3.8, 4) is 5.75 Å². The minimum Gasteiger partial charge on any atom is -0.486 e. The predicted octanol–water partition coefficient (Wildman–Crippen LogP) is 2.72. The molecule has 0 radical (unpaired) electrons. The number of ether oxygens (including phenoxy) is 1. The molecule has 0 atom stereocenters. The molecule has 0 fully saturated rings. The van der Waals surface area contributed by atoms with Crippen LogP contribution in [-0.4, -0.2) is 14.8 Å². The molecule has 90 valence electrons. The van der Waals surface area contributed by atoms with Gasteiger partial charge in [-0.15, -0.1) is 0 Å². The molecule has 5 heteroatoms. The Morgan fingerprint density at radius 2 is 2.29 bits per heavy atom. The van der Waals surface area contributed by atoms with Crippen molar-refractivity contribution >= 4 is 15.9 Å². The van der Waals surface area contributed by atoms with Crippen LogP contribution in [0.1, 0.15) is 18.3 Å². The summed E-state index contributed by atoms with van der Waals surface area (Å²) in [6.07, 6.45) is 4.33. The molecule has 2 rings (SSSR count). The second-order valence-corrected chi connectivity index (χ2v) is 4.45. The fourth-order valence-electron chi connectivity index (χ4n) is 1.56. The summed E-state index contributed by atoms with van der Waals surface area (Å²) in [6.45, 7) is 2.56. The lowest BCUT2D eigenvalue weighted by molar-refractivity contribution is 0.293. The zero-order valence-electron chi connectivity index (χ0n) is 9.85. The van der Waals surface area contributed by atoms with Gasteiger partial charge in [0.15, 0.2) is 0 Å². The number of aromatic nitrogens is 3. The first-order chi connectivity index (χ1) is 8.22. The Morgan fingerprint density at radius 1 is 1.47 bits per heavy atom. The molecular weight excluding hydrogens is 282 g/mol. The van der Waals surface area contributed by atoms with Crippen LogP contribution in [0.3, 0.4) is 0 Å². The Hall–Kier alpha value is -1.36. The zero-order valence-corrected chi connectivity index (χ0v) is 11.4. The molecule has 0 bridgehead atoms. The van der Waals surface area contributed by atoms with Crippen LogP contribution in [-0.2, 0) is 20.1 Å². The van der Waals surface area contributed by atoms with Gasteiger partial charge in [-0.1, -0.05) is 6.92 Å². The maximum Gasteiger partial charge on any atom is 0.138 e. The van der Waals surface area contributed by atoms with Crippen LogP contribution < -0.4 is 4.74 Å². The Morgan fingerprint density at radius 3 is 2.88 bits per heavy atom. The van der Waals surface area contributed by atoms with E-state index in [9.17, 15) is 0 Å². The number of pyridine rings is 1. The van der Waals surface area contributed by atoms with Crippen LogP contribution >= 0.6 is 15.9 Å². The lowest BCUT2D eigenvalue weighted by Crippen LogP contribution is -2.03. The Bertz CT molecular complexity index is 496. The lowest BCUT2D eigenvalue weighted by atomic mass is 10.3. The summed E-state index contributed by atoms with van der Waals surface area (Å²) in [4.78, 5) is 4.00. The molecule has 0 aliphatic carbocycles. The molecule has 0 aliphatic rings. The van der Waals surface area contributed by atoms with Crippen LogP contribution in [0.4, 0.5) is 0 Å². The van der Waals surface area contributed by atoms with Crippen LogP contribution in [0.2, 0.25) is 0 Å². The molecule has 0 amide bonds. The van der Waals surface area contributed by atoms with E-state index in [1.54, 1.807) is 12.4 Å². The van der Waals surface area contributed by atoms with E-state index in [0.717, 1.165) is 28.0 Å². The predicted molar refractivity (Wildman–Crippen MR) is 68.9 cm³/mol. The zero-order chi connectivity index (χ0) is 12.3. The third-order valence-electron chi connectivity index (χ3n) is 2.51. The molecule has 0 saturated heterocycles. The maximum absolute atomic E-state index is 5.66. The van der Waals surface area contributed by atoms with E-state index in [0.29, 0.717) is 6.61 Å². The summed E-state index contributed by atoms with van der Waals surface area (Å²) in [5.74, 6) is 0.763. The average molecular weight is 296 g/mol. The molecule has 0 saturated carbocycles. The van der Waals surface area contributed by atoms with Gasteiger partial charge in [0.2, 0.25) is 0 Å². The van der Waals surface area contributed by atoms with Crippen molar-refractivity contribution in [3.63, 3.8) is 0 Å². The Kier molecular flexibility index (Phi) is 3.78. The van der Waals surface area contributed by atoms with Crippen molar-refractivity contribution in [2.75, 3.05) is 0 Å². The van der Waals surface area contributed by atoms with E-state index in [1.165, 1.54) is 0 Å². The Labute approximate surface area is 109 Å². The van der Waals surface area contributed by atoms with Gasteiger partial charge >= 0.3 is 0 Å². The Balaban J connectivity index is 2.12. The normalized spacial score (nSPS) is 10.5. The van der Waals surface area contributed by atoms with Crippen LogP contribution in [0.15, 0.2) is 29.0 Å². The third-order valence-corrected chi connectivity index (χ3v) is 3.43. The van der Waals surface area contributed by atoms with E-state index in [4.69, 9.17) is 4.74 Å². The van der Waals surface area contributed by atoms with E-state index >= 15 is 0 Å². The first-order valence-corrected chi connectivity index (χ1v) is 6.24. The molecule has 0 unspecified atom stereocenters.